The minimum absolute atomic E-state index is 0.00847. The Morgan fingerprint density at radius 1 is 1.08 bits per heavy atom. The van der Waals surface area contributed by atoms with Crippen LogP contribution in [0.3, 0.4) is 0 Å². The molecule has 1 aromatic heterocycles. The Bertz CT molecular complexity index is 1220. The van der Waals surface area contributed by atoms with Crippen LogP contribution >= 0.6 is 0 Å². The van der Waals surface area contributed by atoms with Gasteiger partial charge in [-0.05, 0) is 65.9 Å². The van der Waals surface area contributed by atoms with Crippen LogP contribution in [0.4, 0.5) is 0 Å². The number of primary amides is 1. The average molecular weight is 556 g/mol. The molecule has 1 amide bonds. The van der Waals surface area contributed by atoms with Crippen LogP contribution in [0.2, 0.25) is 0 Å². The normalized spacial score (nSPS) is 11.7. The van der Waals surface area contributed by atoms with Crippen molar-refractivity contribution in [2.45, 2.75) is 67.0 Å². The summed E-state index contributed by atoms with van der Waals surface area (Å²) in [5.74, 6) is -3.02. The molecule has 0 aliphatic rings. The van der Waals surface area contributed by atoms with Gasteiger partial charge in [0, 0.05) is 12.2 Å². The van der Waals surface area contributed by atoms with Gasteiger partial charge in [-0.3, -0.25) is 14.1 Å². The Balaban J connectivity index is 0.000000905. The van der Waals surface area contributed by atoms with Crippen molar-refractivity contribution in [2.75, 3.05) is 32.0 Å². The lowest BCUT2D eigenvalue weighted by Crippen LogP contribution is -2.27. The zero-order valence-corrected chi connectivity index (χ0v) is 24.2. The van der Waals surface area contributed by atoms with Gasteiger partial charge in [0.05, 0.1) is 22.2 Å². The first-order valence-corrected chi connectivity index (χ1v) is 14.1. The van der Waals surface area contributed by atoms with Crippen molar-refractivity contribution < 1.29 is 36.8 Å². The predicted octanol–water partition coefficient (Wildman–Crippen LogP) is 2.96. The van der Waals surface area contributed by atoms with E-state index in [0.29, 0.717) is 11.2 Å². The van der Waals surface area contributed by atoms with E-state index in [4.69, 9.17) is 19.8 Å². The molecule has 2 aromatic rings. The smallest absolute Gasteiger partial charge is 0.344 e. The summed E-state index contributed by atoms with van der Waals surface area (Å²) in [6.45, 7) is 16.6. The first kappa shape index (κ1) is 33.1. The number of ketones is 1. The van der Waals surface area contributed by atoms with Crippen LogP contribution in [-0.2, 0) is 31.0 Å². The SMILES string of the molecule is CCN(CC)CC.Cc1c(C(=O)C(N)=O)c2c(OCC(=O)OC(C)(C)C)cccc2n1CCCS(=O)(=O)O. The lowest BCUT2D eigenvalue weighted by Gasteiger charge is -2.19. The van der Waals surface area contributed by atoms with E-state index in [1.54, 1.807) is 44.4 Å². The largest absolute Gasteiger partial charge is 0.481 e. The zero-order valence-electron chi connectivity index (χ0n) is 23.4. The van der Waals surface area contributed by atoms with E-state index in [1.165, 1.54) is 25.7 Å². The van der Waals surface area contributed by atoms with Gasteiger partial charge in [-0.25, -0.2) is 4.79 Å². The number of carbonyl (C=O) groups excluding carboxylic acids is 3. The number of nitrogens with two attached hydrogens (primary N) is 1. The molecule has 0 radical (unpaired) electrons. The van der Waals surface area contributed by atoms with Crippen molar-refractivity contribution >= 4 is 38.7 Å². The molecule has 214 valence electrons. The second kappa shape index (κ2) is 14.3. The van der Waals surface area contributed by atoms with E-state index in [0.717, 1.165) is 0 Å². The Labute approximate surface area is 225 Å². The van der Waals surface area contributed by atoms with Crippen LogP contribution in [0.5, 0.6) is 5.75 Å². The third-order valence-electron chi connectivity index (χ3n) is 5.65. The Morgan fingerprint density at radius 2 is 1.66 bits per heavy atom. The number of nitrogens with zero attached hydrogens (tertiary/aromatic N) is 2. The molecule has 1 aromatic carbocycles. The van der Waals surface area contributed by atoms with E-state index < -0.39 is 45.7 Å². The second-order valence-electron chi connectivity index (χ2n) is 9.59. The molecule has 0 fully saturated rings. The average Bonchev–Trinajstić information content (AvgIpc) is 3.08. The molecule has 0 unspecified atom stereocenters. The number of aromatic nitrogens is 1. The molecule has 0 saturated carbocycles. The summed E-state index contributed by atoms with van der Waals surface area (Å²) in [7, 11) is -4.16. The zero-order chi connectivity index (χ0) is 29.3. The fourth-order valence-corrected chi connectivity index (χ4v) is 4.38. The predicted molar refractivity (Wildman–Crippen MR) is 146 cm³/mol. The number of esters is 1. The molecule has 0 atom stereocenters. The second-order valence-corrected chi connectivity index (χ2v) is 11.2. The third kappa shape index (κ3) is 10.1. The molecule has 3 N–H and O–H groups in total. The van der Waals surface area contributed by atoms with Crippen LogP contribution in [-0.4, -0.2) is 77.7 Å². The lowest BCUT2D eigenvalue weighted by atomic mass is 10.1. The maximum Gasteiger partial charge on any atom is 0.344 e. The highest BCUT2D eigenvalue weighted by atomic mass is 32.2. The van der Waals surface area contributed by atoms with Gasteiger partial charge < -0.3 is 24.7 Å². The molecule has 38 heavy (non-hydrogen) atoms. The molecule has 0 aliphatic carbocycles. The summed E-state index contributed by atoms with van der Waals surface area (Å²) < 4.78 is 43.5. The van der Waals surface area contributed by atoms with E-state index in [-0.39, 0.29) is 29.7 Å². The third-order valence-corrected chi connectivity index (χ3v) is 6.46. The molecule has 12 heteroatoms. The summed E-state index contributed by atoms with van der Waals surface area (Å²) in [6.07, 6.45) is 0.0661. The Hall–Kier alpha value is -2.96. The number of rotatable bonds is 12. The molecule has 0 bridgehead atoms. The molecular weight excluding hydrogens is 514 g/mol. The molecule has 11 nitrogen and oxygen atoms in total. The van der Waals surface area contributed by atoms with Crippen LogP contribution in [0.15, 0.2) is 18.2 Å². The van der Waals surface area contributed by atoms with E-state index >= 15 is 0 Å². The Morgan fingerprint density at radius 3 is 2.11 bits per heavy atom. The number of amides is 1. The van der Waals surface area contributed by atoms with Gasteiger partial charge in [0.15, 0.2) is 6.61 Å². The van der Waals surface area contributed by atoms with Crippen molar-refractivity contribution in [3.8, 4) is 5.75 Å². The summed E-state index contributed by atoms with van der Waals surface area (Å²) in [6, 6.07) is 4.82. The summed E-state index contributed by atoms with van der Waals surface area (Å²) in [5.41, 5.74) is 5.38. The monoisotopic (exact) mass is 555 g/mol. The number of fused-ring (bicyclic) bond motifs is 1. The van der Waals surface area contributed by atoms with Gasteiger partial charge in [-0.2, -0.15) is 8.42 Å². The van der Waals surface area contributed by atoms with E-state index in [1.807, 2.05) is 0 Å². The maximum atomic E-state index is 12.5. The fourth-order valence-electron chi connectivity index (χ4n) is 3.89. The number of ether oxygens (including phenoxy) is 2. The summed E-state index contributed by atoms with van der Waals surface area (Å²) in [5, 5.41) is 0.277. The van der Waals surface area contributed by atoms with Crippen LogP contribution in [0.25, 0.3) is 10.9 Å². The van der Waals surface area contributed by atoms with Crippen LogP contribution in [0.1, 0.15) is 64.0 Å². The topological polar surface area (TPSA) is 158 Å². The first-order valence-electron chi connectivity index (χ1n) is 12.5. The standard InChI is InChI=1S/C20H26N2O8S.C6H15N/c1-12-16(18(24)19(21)25)17-13(22(12)9-6-10-31(26,27)28)7-5-8-14(17)29-11-15(23)30-20(2,3)4;1-4-7(5-2)6-3/h5,7-8H,6,9-11H2,1-4H3,(H2,21,25)(H,26,27,28);4-6H2,1-3H3. The van der Waals surface area contributed by atoms with Gasteiger partial charge in [0.1, 0.15) is 11.4 Å². The van der Waals surface area contributed by atoms with Crippen molar-refractivity contribution in [1.29, 1.82) is 0 Å². The molecule has 0 spiro atoms. The summed E-state index contributed by atoms with van der Waals surface area (Å²) in [4.78, 5) is 38.6. The molecular formula is C26H41N3O8S. The number of benzene rings is 1. The van der Waals surface area contributed by atoms with Crippen molar-refractivity contribution in [3.05, 3.63) is 29.5 Å². The lowest BCUT2D eigenvalue weighted by molar-refractivity contribution is -0.157. The van der Waals surface area contributed by atoms with Crippen molar-refractivity contribution in [1.82, 2.24) is 9.47 Å². The van der Waals surface area contributed by atoms with Gasteiger partial charge in [-0.1, -0.05) is 26.8 Å². The minimum Gasteiger partial charge on any atom is -0.481 e. The van der Waals surface area contributed by atoms with Gasteiger partial charge in [0.2, 0.25) is 0 Å². The van der Waals surface area contributed by atoms with Crippen LogP contribution < -0.4 is 10.5 Å². The quantitative estimate of drug-likeness (QED) is 0.174. The maximum absolute atomic E-state index is 12.5. The fraction of sp³-hybridized carbons (Fsp3) is 0.577. The minimum atomic E-state index is -4.16. The molecule has 0 aliphatic heterocycles. The Kier molecular flexibility index (Phi) is 12.4. The molecule has 2 rings (SSSR count). The van der Waals surface area contributed by atoms with Crippen molar-refractivity contribution in [3.63, 3.8) is 0 Å². The number of aryl methyl sites for hydroxylation is 1. The molecule has 0 saturated heterocycles. The highest BCUT2D eigenvalue weighted by molar-refractivity contribution is 7.85. The van der Waals surface area contributed by atoms with Gasteiger partial charge in [-0.15, -0.1) is 0 Å². The number of carbonyl (C=O) groups is 3. The van der Waals surface area contributed by atoms with Gasteiger partial charge in [0.25, 0.3) is 21.8 Å². The van der Waals surface area contributed by atoms with Gasteiger partial charge >= 0.3 is 5.97 Å². The van der Waals surface area contributed by atoms with Crippen LogP contribution in [0, 0.1) is 6.92 Å². The van der Waals surface area contributed by atoms with E-state index in [9.17, 15) is 22.8 Å². The number of Topliss-reactive ketones (excluding diaryl/α,β-unsaturated/α-hetero) is 1. The van der Waals surface area contributed by atoms with Crippen molar-refractivity contribution in [2.24, 2.45) is 5.73 Å². The highest BCUT2D eigenvalue weighted by Gasteiger charge is 2.26. The number of hydrogen-bond donors (Lipinski definition) is 2. The first-order chi connectivity index (χ1) is 17.6. The highest BCUT2D eigenvalue weighted by Crippen LogP contribution is 2.34. The summed E-state index contributed by atoms with van der Waals surface area (Å²) >= 11 is 0. The number of hydrogen-bond acceptors (Lipinski definition) is 8. The van der Waals surface area contributed by atoms with E-state index in [2.05, 4.69) is 25.7 Å². The molecule has 1 heterocycles.